The van der Waals surface area contributed by atoms with Gasteiger partial charge in [0.05, 0.1) is 23.0 Å². The lowest BCUT2D eigenvalue weighted by Gasteiger charge is -2.34. The first-order chi connectivity index (χ1) is 19.9. The highest BCUT2D eigenvalue weighted by Gasteiger charge is 2.32. The second kappa shape index (κ2) is 9.32. The Bertz CT molecular complexity index is 1660. The van der Waals surface area contributed by atoms with Gasteiger partial charge in [0.1, 0.15) is 5.82 Å². The molecule has 3 heteroatoms. The zero-order valence-corrected chi connectivity index (χ0v) is 22.0. The van der Waals surface area contributed by atoms with Crippen molar-refractivity contribution in [2.24, 2.45) is 0 Å². The number of aromatic nitrogens is 2. The summed E-state index contributed by atoms with van der Waals surface area (Å²) < 4.78 is 0. The molecule has 2 aliphatic rings. The minimum Gasteiger partial charge on any atom is -0.294 e. The van der Waals surface area contributed by atoms with E-state index in [1.807, 2.05) is 24.5 Å². The van der Waals surface area contributed by atoms with Crippen LogP contribution in [0, 0.1) is 0 Å². The molecule has 2 aromatic heterocycles. The monoisotopic (exact) mass is 513 g/mol. The van der Waals surface area contributed by atoms with E-state index in [0.717, 1.165) is 35.5 Å². The first-order valence-electron chi connectivity index (χ1n) is 13.9. The van der Waals surface area contributed by atoms with Crippen molar-refractivity contribution >= 4 is 17.2 Å². The van der Waals surface area contributed by atoms with Crippen molar-refractivity contribution in [3.63, 3.8) is 0 Å². The van der Waals surface area contributed by atoms with Gasteiger partial charge in [-0.2, -0.15) is 0 Å². The summed E-state index contributed by atoms with van der Waals surface area (Å²) >= 11 is 0. The zero-order chi connectivity index (χ0) is 26.5. The van der Waals surface area contributed by atoms with Crippen LogP contribution in [0.25, 0.3) is 11.1 Å². The second-order valence-electron chi connectivity index (χ2n) is 10.6. The van der Waals surface area contributed by atoms with Crippen molar-refractivity contribution in [1.29, 1.82) is 0 Å². The SMILES string of the molecule is c1ccc2c(c1)Cc1ccccc1C2c1ncccc1-c1cccnc1N1c2ccccc2Cc2ccccc21. The van der Waals surface area contributed by atoms with Gasteiger partial charge in [-0.3, -0.25) is 9.88 Å². The van der Waals surface area contributed by atoms with Gasteiger partial charge in [0.15, 0.2) is 0 Å². The summed E-state index contributed by atoms with van der Waals surface area (Å²) in [6.45, 7) is 0. The minimum absolute atomic E-state index is 0.0475. The smallest absolute Gasteiger partial charge is 0.145 e. The highest BCUT2D eigenvalue weighted by molar-refractivity contribution is 5.90. The Hall–Kier alpha value is -5.02. The second-order valence-corrected chi connectivity index (χ2v) is 10.6. The van der Waals surface area contributed by atoms with Gasteiger partial charge in [0.25, 0.3) is 0 Å². The van der Waals surface area contributed by atoms with Crippen molar-refractivity contribution in [3.05, 3.63) is 173 Å². The summed E-state index contributed by atoms with van der Waals surface area (Å²) in [7, 11) is 0. The van der Waals surface area contributed by atoms with E-state index >= 15 is 0 Å². The Balaban J connectivity index is 1.37. The van der Waals surface area contributed by atoms with Crippen LogP contribution >= 0.6 is 0 Å². The Kier molecular flexibility index (Phi) is 5.34. The third kappa shape index (κ3) is 3.59. The Morgan fingerprint density at radius 1 is 0.475 bits per heavy atom. The lowest BCUT2D eigenvalue weighted by Crippen LogP contribution is -2.20. The molecule has 4 aromatic carbocycles. The molecule has 8 rings (SSSR count). The first-order valence-corrected chi connectivity index (χ1v) is 13.9. The van der Waals surface area contributed by atoms with Crippen LogP contribution in [0.2, 0.25) is 0 Å². The number of rotatable bonds is 3. The Labute approximate surface area is 234 Å². The van der Waals surface area contributed by atoms with Crippen LogP contribution in [0.5, 0.6) is 0 Å². The van der Waals surface area contributed by atoms with Crippen LogP contribution in [0.1, 0.15) is 45.0 Å². The van der Waals surface area contributed by atoms with E-state index < -0.39 is 0 Å². The van der Waals surface area contributed by atoms with Crippen molar-refractivity contribution in [1.82, 2.24) is 9.97 Å². The summed E-state index contributed by atoms with van der Waals surface area (Å²) in [5.74, 6) is 0.972. The number of pyridine rings is 2. The number of hydrogen-bond acceptors (Lipinski definition) is 3. The van der Waals surface area contributed by atoms with Gasteiger partial charge in [-0.15, -0.1) is 0 Å². The third-order valence-corrected chi connectivity index (χ3v) is 8.36. The standard InChI is InChI=1S/C37H27N3/c1-5-15-29-25(11-1)23-26-12-2-6-16-30(26)35(29)36-31(17-9-21-38-36)32-18-10-22-39-37(32)40-33-19-7-3-13-27(33)24-28-14-4-8-20-34(28)40/h1-22,35H,23-24H2. The third-order valence-electron chi connectivity index (χ3n) is 8.36. The minimum atomic E-state index is 0.0475. The molecular weight excluding hydrogens is 486 g/mol. The number of fused-ring (bicyclic) bond motifs is 4. The highest BCUT2D eigenvalue weighted by atomic mass is 15.2. The molecule has 0 spiro atoms. The molecule has 0 radical (unpaired) electrons. The van der Waals surface area contributed by atoms with E-state index in [1.165, 1.54) is 44.8 Å². The topological polar surface area (TPSA) is 29.0 Å². The Morgan fingerprint density at radius 3 is 1.62 bits per heavy atom. The number of anilines is 3. The fourth-order valence-electron chi connectivity index (χ4n) is 6.60. The lowest BCUT2D eigenvalue weighted by molar-refractivity contribution is 0.853. The molecule has 0 N–H and O–H groups in total. The van der Waals surface area contributed by atoms with E-state index in [9.17, 15) is 0 Å². The molecule has 0 atom stereocenters. The van der Waals surface area contributed by atoms with Crippen LogP contribution in [-0.2, 0) is 12.8 Å². The fraction of sp³-hybridized carbons (Fsp3) is 0.0811. The molecule has 3 nitrogen and oxygen atoms in total. The molecule has 1 aliphatic heterocycles. The molecule has 6 aromatic rings. The van der Waals surface area contributed by atoms with Gasteiger partial charge in [-0.25, -0.2) is 4.98 Å². The summed E-state index contributed by atoms with van der Waals surface area (Å²) in [6, 6.07) is 43.5. The molecule has 40 heavy (non-hydrogen) atoms. The molecule has 0 fully saturated rings. The number of nitrogens with zero attached hydrogens (tertiary/aromatic N) is 3. The van der Waals surface area contributed by atoms with Crippen molar-refractivity contribution in [3.8, 4) is 11.1 Å². The summed E-state index contributed by atoms with van der Waals surface area (Å²) in [5, 5.41) is 0. The molecule has 0 saturated heterocycles. The maximum atomic E-state index is 5.11. The van der Waals surface area contributed by atoms with E-state index in [4.69, 9.17) is 9.97 Å². The molecule has 0 saturated carbocycles. The fourth-order valence-corrected chi connectivity index (χ4v) is 6.60. The van der Waals surface area contributed by atoms with Crippen LogP contribution in [-0.4, -0.2) is 9.97 Å². The van der Waals surface area contributed by atoms with Gasteiger partial charge in [-0.1, -0.05) is 91.0 Å². The highest BCUT2D eigenvalue weighted by Crippen LogP contribution is 2.48. The number of hydrogen-bond donors (Lipinski definition) is 0. The summed E-state index contributed by atoms with van der Waals surface area (Å²) in [6.07, 6.45) is 5.70. The van der Waals surface area contributed by atoms with E-state index in [2.05, 4.69) is 114 Å². The van der Waals surface area contributed by atoms with Gasteiger partial charge in [0, 0.05) is 29.9 Å². The van der Waals surface area contributed by atoms with Gasteiger partial charge >= 0.3 is 0 Å². The average molecular weight is 514 g/mol. The molecule has 190 valence electrons. The zero-order valence-electron chi connectivity index (χ0n) is 22.0. The average Bonchev–Trinajstić information content (AvgIpc) is 3.02. The number of benzene rings is 4. The van der Waals surface area contributed by atoms with Crippen LogP contribution < -0.4 is 4.90 Å². The van der Waals surface area contributed by atoms with Crippen LogP contribution in [0.15, 0.2) is 134 Å². The predicted octanol–water partition coefficient (Wildman–Crippen LogP) is 8.60. The largest absolute Gasteiger partial charge is 0.294 e. The van der Waals surface area contributed by atoms with E-state index in [0.29, 0.717) is 0 Å². The molecule has 0 bridgehead atoms. The normalized spacial score (nSPS) is 13.7. The maximum Gasteiger partial charge on any atom is 0.145 e. The Morgan fingerprint density at radius 2 is 0.975 bits per heavy atom. The van der Waals surface area contributed by atoms with Gasteiger partial charge in [-0.05, 0) is 70.1 Å². The molecule has 0 unspecified atom stereocenters. The summed E-state index contributed by atoms with van der Waals surface area (Å²) in [5.41, 5.74) is 13.6. The van der Waals surface area contributed by atoms with Crippen molar-refractivity contribution in [2.75, 3.05) is 4.90 Å². The van der Waals surface area contributed by atoms with Crippen LogP contribution in [0.3, 0.4) is 0 Å². The molecular formula is C37H27N3. The van der Waals surface area contributed by atoms with Gasteiger partial charge in [0.2, 0.25) is 0 Å². The van der Waals surface area contributed by atoms with Crippen molar-refractivity contribution in [2.45, 2.75) is 18.8 Å². The summed E-state index contributed by atoms with van der Waals surface area (Å²) in [4.78, 5) is 12.5. The molecule has 0 amide bonds. The number of para-hydroxylation sites is 2. The maximum absolute atomic E-state index is 5.11. The molecule has 3 heterocycles. The lowest BCUT2D eigenvalue weighted by atomic mass is 9.75. The predicted molar refractivity (Wildman–Crippen MR) is 162 cm³/mol. The van der Waals surface area contributed by atoms with Crippen molar-refractivity contribution < 1.29 is 0 Å². The quantitative estimate of drug-likeness (QED) is 0.237. The molecule has 1 aliphatic carbocycles. The van der Waals surface area contributed by atoms with Crippen LogP contribution in [0.4, 0.5) is 17.2 Å². The van der Waals surface area contributed by atoms with Gasteiger partial charge < -0.3 is 0 Å². The van der Waals surface area contributed by atoms with E-state index in [1.54, 1.807) is 0 Å². The van der Waals surface area contributed by atoms with E-state index in [-0.39, 0.29) is 5.92 Å². The first kappa shape index (κ1) is 22.9.